The third-order valence-corrected chi connectivity index (χ3v) is 5.56. The Hall–Kier alpha value is -5.07. The Bertz CT molecular complexity index is 1390. The maximum absolute atomic E-state index is 12.7. The van der Waals surface area contributed by atoms with E-state index in [2.05, 4.69) is 21.4 Å². The zero-order valence-electron chi connectivity index (χ0n) is 18.9. The summed E-state index contributed by atoms with van der Waals surface area (Å²) in [6.45, 7) is 1.69. The molecular formula is C23H20N6O7. The standard InChI is InChI=1S/C23H20N6O7/c1-13-20-17(25-24-14-9-11-15(12-10-14)28(32)33)6-4-8-19(20)36-21(13)23(31)27-26-22(30)16-5-2-3-7-18(16)29(34)35/h2-3,5,7,9-12,24H,4,6,8H2,1H3,(H,26,30)(H,27,31)/b25-17+. The Morgan fingerprint density at radius 3 is 2.33 bits per heavy atom. The van der Waals surface area contributed by atoms with Gasteiger partial charge < -0.3 is 4.42 Å². The first kappa shape index (κ1) is 24.1. The van der Waals surface area contributed by atoms with E-state index in [0.717, 1.165) is 6.42 Å². The van der Waals surface area contributed by atoms with Crippen LogP contribution in [-0.2, 0) is 6.42 Å². The van der Waals surface area contributed by atoms with E-state index in [4.69, 9.17) is 4.42 Å². The third kappa shape index (κ3) is 4.89. The van der Waals surface area contributed by atoms with Gasteiger partial charge in [0.05, 0.1) is 21.2 Å². The summed E-state index contributed by atoms with van der Waals surface area (Å²) in [7, 11) is 0. The van der Waals surface area contributed by atoms with Crippen molar-refractivity contribution < 1.29 is 23.9 Å². The van der Waals surface area contributed by atoms with E-state index in [-0.39, 0.29) is 17.0 Å². The molecule has 1 aliphatic carbocycles. The summed E-state index contributed by atoms with van der Waals surface area (Å²) in [6.07, 6.45) is 1.93. The number of benzene rings is 2. The highest BCUT2D eigenvalue weighted by Crippen LogP contribution is 2.30. The van der Waals surface area contributed by atoms with Crippen molar-refractivity contribution >= 4 is 34.6 Å². The second-order valence-corrected chi connectivity index (χ2v) is 7.86. The summed E-state index contributed by atoms with van der Waals surface area (Å²) in [5.41, 5.74) is 9.04. The monoisotopic (exact) mass is 492 g/mol. The molecule has 0 fully saturated rings. The third-order valence-electron chi connectivity index (χ3n) is 5.56. The van der Waals surface area contributed by atoms with Crippen LogP contribution in [0.5, 0.6) is 0 Å². The number of aryl methyl sites for hydroxylation is 1. The van der Waals surface area contributed by atoms with Crippen molar-refractivity contribution in [3.05, 3.63) is 97.0 Å². The van der Waals surface area contributed by atoms with Crippen LogP contribution in [0.4, 0.5) is 17.1 Å². The summed E-state index contributed by atoms with van der Waals surface area (Å²) >= 11 is 0. The van der Waals surface area contributed by atoms with Gasteiger partial charge in [0.2, 0.25) is 0 Å². The van der Waals surface area contributed by atoms with Crippen LogP contribution in [0, 0.1) is 27.2 Å². The maximum Gasteiger partial charge on any atom is 0.305 e. The molecule has 3 aromatic rings. The predicted octanol–water partition coefficient (Wildman–Crippen LogP) is 3.63. The fraction of sp³-hybridized carbons (Fsp3) is 0.174. The Morgan fingerprint density at radius 2 is 1.64 bits per heavy atom. The number of furan rings is 1. The van der Waals surface area contributed by atoms with Crippen molar-refractivity contribution in [1.82, 2.24) is 10.9 Å². The minimum absolute atomic E-state index is 0.0206. The van der Waals surface area contributed by atoms with Crippen molar-refractivity contribution in [3.8, 4) is 0 Å². The van der Waals surface area contributed by atoms with Gasteiger partial charge in [-0.2, -0.15) is 5.10 Å². The van der Waals surface area contributed by atoms with Crippen molar-refractivity contribution in [3.63, 3.8) is 0 Å². The van der Waals surface area contributed by atoms with Crippen LogP contribution in [0.2, 0.25) is 0 Å². The Morgan fingerprint density at radius 1 is 0.944 bits per heavy atom. The van der Waals surface area contributed by atoms with Crippen LogP contribution in [-0.4, -0.2) is 27.4 Å². The molecule has 2 aromatic carbocycles. The lowest BCUT2D eigenvalue weighted by molar-refractivity contribution is -0.385. The summed E-state index contributed by atoms with van der Waals surface area (Å²) < 4.78 is 5.77. The molecule has 3 N–H and O–H groups in total. The predicted molar refractivity (Wildman–Crippen MR) is 128 cm³/mol. The van der Waals surface area contributed by atoms with E-state index in [9.17, 15) is 29.8 Å². The van der Waals surface area contributed by atoms with Crippen molar-refractivity contribution in [2.75, 3.05) is 5.43 Å². The van der Waals surface area contributed by atoms with Gasteiger partial charge in [-0.3, -0.25) is 46.1 Å². The summed E-state index contributed by atoms with van der Waals surface area (Å²) in [4.78, 5) is 45.9. The van der Waals surface area contributed by atoms with E-state index in [1.165, 1.54) is 48.5 Å². The molecule has 184 valence electrons. The lowest BCUT2D eigenvalue weighted by atomic mass is 9.93. The Kier molecular flexibility index (Phi) is 6.72. The maximum atomic E-state index is 12.7. The highest BCUT2D eigenvalue weighted by atomic mass is 16.6. The van der Waals surface area contributed by atoms with E-state index >= 15 is 0 Å². The summed E-state index contributed by atoms with van der Waals surface area (Å²) in [5, 5.41) is 26.4. The van der Waals surface area contributed by atoms with Gasteiger partial charge in [-0.25, -0.2) is 0 Å². The number of carbonyl (C=O) groups is 2. The van der Waals surface area contributed by atoms with Crippen LogP contribution in [0.1, 0.15) is 50.6 Å². The first-order valence-corrected chi connectivity index (χ1v) is 10.8. The Labute approximate surface area is 203 Å². The lowest BCUT2D eigenvalue weighted by Crippen LogP contribution is -2.41. The topological polar surface area (TPSA) is 182 Å². The minimum Gasteiger partial charge on any atom is -0.455 e. The molecule has 0 unspecified atom stereocenters. The molecule has 13 heteroatoms. The molecule has 1 aliphatic rings. The number of rotatable bonds is 6. The smallest absolute Gasteiger partial charge is 0.305 e. The van der Waals surface area contributed by atoms with Gasteiger partial charge >= 0.3 is 5.91 Å². The number of nitrogens with zero attached hydrogens (tertiary/aromatic N) is 3. The van der Waals surface area contributed by atoms with Crippen LogP contribution in [0.15, 0.2) is 58.0 Å². The molecule has 0 atom stereocenters. The zero-order chi connectivity index (χ0) is 25.8. The molecule has 0 spiro atoms. The highest BCUT2D eigenvalue weighted by Gasteiger charge is 2.28. The number of hydrazine groups is 1. The molecule has 0 aliphatic heterocycles. The van der Waals surface area contributed by atoms with Crippen LogP contribution in [0.25, 0.3) is 0 Å². The Balaban J connectivity index is 1.49. The molecular weight excluding hydrogens is 472 g/mol. The number of hydrogen-bond acceptors (Lipinski definition) is 9. The number of non-ortho nitro benzene ring substituents is 1. The molecule has 13 nitrogen and oxygen atoms in total. The largest absolute Gasteiger partial charge is 0.455 e. The number of nitrogens with one attached hydrogen (secondary N) is 3. The van der Waals surface area contributed by atoms with E-state index in [0.29, 0.717) is 41.1 Å². The van der Waals surface area contributed by atoms with Gasteiger partial charge in [0.15, 0.2) is 5.76 Å². The minimum atomic E-state index is -0.848. The molecule has 0 bridgehead atoms. The van der Waals surface area contributed by atoms with Gasteiger partial charge in [-0.05, 0) is 38.0 Å². The molecule has 1 heterocycles. The number of fused-ring (bicyclic) bond motifs is 1. The van der Waals surface area contributed by atoms with E-state index in [1.807, 2.05) is 0 Å². The van der Waals surface area contributed by atoms with Crippen LogP contribution < -0.4 is 16.3 Å². The van der Waals surface area contributed by atoms with Gasteiger partial charge in [0, 0.05) is 35.7 Å². The fourth-order valence-electron chi connectivity index (χ4n) is 3.85. The summed E-state index contributed by atoms with van der Waals surface area (Å²) in [5.74, 6) is -1.03. The molecule has 0 saturated carbocycles. The molecule has 4 rings (SSSR count). The summed E-state index contributed by atoms with van der Waals surface area (Å²) in [6, 6.07) is 11.2. The molecule has 2 amide bonds. The number of carbonyl (C=O) groups excluding carboxylic acids is 2. The number of hydrazone groups is 1. The first-order chi connectivity index (χ1) is 17.3. The average molecular weight is 492 g/mol. The quantitative estimate of drug-likeness (QED) is 0.344. The van der Waals surface area contributed by atoms with Crippen molar-refractivity contribution in [1.29, 1.82) is 0 Å². The average Bonchev–Trinajstić information content (AvgIpc) is 3.23. The number of amides is 2. The van der Waals surface area contributed by atoms with Crippen LogP contribution >= 0.6 is 0 Å². The number of anilines is 1. The number of para-hydroxylation sites is 1. The highest BCUT2D eigenvalue weighted by molar-refractivity contribution is 6.07. The number of nitro groups is 2. The van der Waals surface area contributed by atoms with Crippen LogP contribution in [0.3, 0.4) is 0 Å². The zero-order valence-corrected chi connectivity index (χ0v) is 18.9. The van der Waals surface area contributed by atoms with E-state index < -0.39 is 27.3 Å². The van der Waals surface area contributed by atoms with Crippen molar-refractivity contribution in [2.24, 2.45) is 5.10 Å². The SMILES string of the molecule is Cc1c(C(=O)NNC(=O)c2ccccc2[N+](=O)[O-])oc2c1/C(=N/Nc1ccc([N+](=O)[O-])cc1)CCC2. The second-order valence-electron chi connectivity index (χ2n) is 7.86. The van der Waals surface area contributed by atoms with Crippen molar-refractivity contribution in [2.45, 2.75) is 26.2 Å². The molecule has 1 aromatic heterocycles. The second kappa shape index (κ2) is 10.0. The van der Waals surface area contributed by atoms with E-state index in [1.54, 1.807) is 6.92 Å². The van der Waals surface area contributed by atoms with Gasteiger partial charge in [0.25, 0.3) is 17.3 Å². The number of nitro benzene ring substituents is 2. The lowest BCUT2D eigenvalue weighted by Gasteiger charge is -2.13. The van der Waals surface area contributed by atoms with Gasteiger partial charge in [-0.1, -0.05) is 12.1 Å². The molecule has 36 heavy (non-hydrogen) atoms. The molecule has 0 radical (unpaired) electrons. The molecule has 0 saturated heterocycles. The fourth-order valence-corrected chi connectivity index (χ4v) is 3.85. The first-order valence-electron chi connectivity index (χ1n) is 10.8. The normalized spacial score (nSPS) is 13.5. The van der Waals surface area contributed by atoms with Gasteiger partial charge in [-0.15, -0.1) is 0 Å². The van der Waals surface area contributed by atoms with Gasteiger partial charge in [0.1, 0.15) is 11.3 Å². The number of hydrogen-bond donors (Lipinski definition) is 3.